The number of likely N-dealkylation sites (tertiary alicyclic amines) is 1. The molecule has 0 radical (unpaired) electrons. The zero-order valence-electron chi connectivity index (χ0n) is 18.3. The van der Waals surface area contributed by atoms with Crippen LogP contribution in [0, 0.1) is 0 Å². The highest BCUT2D eigenvalue weighted by Gasteiger charge is 2.38. The Hall–Kier alpha value is -2.45. The number of rotatable bonds is 13. The third kappa shape index (κ3) is 7.63. The van der Waals surface area contributed by atoms with Crippen LogP contribution in [-0.2, 0) is 25.5 Å². The molecule has 0 bridgehead atoms. The molecular formula is C23H35N3O5. The number of hydrogen-bond acceptors (Lipinski definition) is 6. The Kier molecular flexibility index (Phi) is 10.5. The number of aryl methyl sites for hydroxylation is 1. The van der Waals surface area contributed by atoms with Crippen LogP contribution in [0.15, 0.2) is 30.3 Å². The van der Waals surface area contributed by atoms with E-state index in [1.807, 2.05) is 30.3 Å². The Labute approximate surface area is 184 Å². The number of carboxylic acid groups (broad SMARTS) is 1. The van der Waals surface area contributed by atoms with Crippen molar-refractivity contribution in [3.63, 3.8) is 0 Å². The second-order valence-electron chi connectivity index (χ2n) is 7.86. The van der Waals surface area contributed by atoms with E-state index in [0.717, 1.165) is 12.0 Å². The van der Waals surface area contributed by atoms with Crippen LogP contribution in [-0.4, -0.2) is 65.7 Å². The number of carbonyl (C=O) groups excluding carboxylic acids is 2. The summed E-state index contributed by atoms with van der Waals surface area (Å²) in [5.41, 5.74) is 6.70. The Balaban J connectivity index is 2.14. The molecule has 0 spiro atoms. The van der Waals surface area contributed by atoms with Crippen molar-refractivity contribution >= 4 is 17.8 Å². The van der Waals surface area contributed by atoms with Crippen molar-refractivity contribution in [3.8, 4) is 0 Å². The van der Waals surface area contributed by atoms with Crippen LogP contribution in [0.1, 0.15) is 51.0 Å². The highest BCUT2D eigenvalue weighted by atomic mass is 16.5. The second-order valence-corrected chi connectivity index (χ2v) is 7.86. The second kappa shape index (κ2) is 13.1. The quantitative estimate of drug-likeness (QED) is 0.320. The summed E-state index contributed by atoms with van der Waals surface area (Å²) in [6.07, 6.45) is 4.19. The molecule has 8 heteroatoms. The molecule has 8 nitrogen and oxygen atoms in total. The summed E-state index contributed by atoms with van der Waals surface area (Å²) in [5.74, 6) is -1.65. The minimum atomic E-state index is -0.988. The summed E-state index contributed by atoms with van der Waals surface area (Å²) >= 11 is 0. The summed E-state index contributed by atoms with van der Waals surface area (Å²) in [5, 5.41) is 12.7. The van der Waals surface area contributed by atoms with Gasteiger partial charge in [0.2, 0.25) is 5.91 Å². The van der Waals surface area contributed by atoms with Crippen molar-refractivity contribution in [2.45, 2.75) is 70.0 Å². The van der Waals surface area contributed by atoms with Crippen molar-refractivity contribution in [1.29, 1.82) is 0 Å². The SMILES string of the molecule is CCOC(=O)C(CCc1ccccc1)NC(CCCCN)C(=O)N1CCC[C@H]1C(=O)O. The number of nitrogens with zero attached hydrogens (tertiary/aromatic N) is 1. The third-order valence-corrected chi connectivity index (χ3v) is 5.60. The fraction of sp³-hybridized carbons (Fsp3) is 0.609. The van der Waals surface area contributed by atoms with E-state index in [4.69, 9.17) is 10.5 Å². The van der Waals surface area contributed by atoms with Gasteiger partial charge in [-0.3, -0.25) is 14.9 Å². The molecule has 0 aromatic heterocycles. The summed E-state index contributed by atoms with van der Waals surface area (Å²) in [6, 6.07) is 7.69. The maximum absolute atomic E-state index is 13.3. The van der Waals surface area contributed by atoms with Gasteiger partial charge >= 0.3 is 11.9 Å². The molecule has 2 unspecified atom stereocenters. The molecule has 1 heterocycles. The number of carbonyl (C=O) groups is 3. The first-order chi connectivity index (χ1) is 15.0. The van der Waals surface area contributed by atoms with Gasteiger partial charge in [-0.05, 0) is 57.6 Å². The van der Waals surface area contributed by atoms with Crippen molar-refractivity contribution in [1.82, 2.24) is 10.2 Å². The predicted octanol–water partition coefficient (Wildman–Crippen LogP) is 1.71. The topological polar surface area (TPSA) is 122 Å². The molecule has 3 atom stereocenters. The smallest absolute Gasteiger partial charge is 0.326 e. The van der Waals surface area contributed by atoms with Crippen LogP contribution in [0.4, 0.5) is 0 Å². The minimum Gasteiger partial charge on any atom is -0.480 e. The zero-order chi connectivity index (χ0) is 22.6. The standard InChI is InChI=1S/C23H35N3O5/c1-2-31-23(30)19(14-13-17-9-4-3-5-10-17)25-18(11-6-7-15-24)21(27)26-16-8-12-20(26)22(28)29/h3-5,9-10,18-20,25H,2,6-8,11-16,24H2,1H3,(H,28,29)/t18?,19?,20-/m0/s1. The monoisotopic (exact) mass is 433 g/mol. The van der Waals surface area contributed by atoms with Gasteiger partial charge in [0.25, 0.3) is 0 Å². The average molecular weight is 434 g/mol. The lowest BCUT2D eigenvalue weighted by Gasteiger charge is -2.30. The molecular weight excluding hydrogens is 398 g/mol. The van der Waals surface area contributed by atoms with Gasteiger partial charge in [0.15, 0.2) is 0 Å². The fourth-order valence-electron chi connectivity index (χ4n) is 3.97. The molecule has 1 fully saturated rings. The zero-order valence-corrected chi connectivity index (χ0v) is 18.3. The molecule has 1 aromatic carbocycles. The van der Waals surface area contributed by atoms with Gasteiger partial charge in [-0.15, -0.1) is 0 Å². The van der Waals surface area contributed by atoms with Crippen molar-refractivity contribution < 1.29 is 24.2 Å². The summed E-state index contributed by atoms with van der Waals surface area (Å²) < 4.78 is 5.24. The van der Waals surface area contributed by atoms with Crippen molar-refractivity contribution in [2.24, 2.45) is 5.73 Å². The first-order valence-corrected chi connectivity index (χ1v) is 11.2. The summed E-state index contributed by atoms with van der Waals surface area (Å²) in [6.45, 7) is 2.93. The van der Waals surface area contributed by atoms with Gasteiger partial charge in [0.1, 0.15) is 12.1 Å². The lowest BCUT2D eigenvalue weighted by molar-refractivity contribution is -0.150. The summed E-state index contributed by atoms with van der Waals surface area (Å²) in [7, 11) is 0. The highest BCUT2D eigenvalue weighted by molar-refractivity contribution is 5.88. The van der Waals surface area contributed by atoms with E-state index < -0.39 is 30.1 Å². The van der Waals surface area contributed by atoms with E-state index >= 15 is 0 Å². The van der Waals surface area contributed by atoms with Gasteiger partial charge in [-0.2, -0.15) is 0 Å². The van der Waals surface area contributed by atoms with Crippen LogP contribution in [0.25, 0.3) is 0 Å². The molecule has 31 heavy (non-hydrogen) atoms. The lowest BCUT2D eigenvalue weighted by atomic mass is 10.0. The van der Waals surface area contributed by atoms with Gasteiger partial charge in [-0.1, -0.05) is 36.8 Å². The van der Waals surface area contributed by atoms with Gasteiger partial charge in [0, 0.05) is 6.54 Å². The average Bonchev–Trinajstić information content (AvgIpc) is 3.26. The van der Waals surface area contributed by atoms with Gasteiger partial charge in [-0.25, -0.2) is 4.79 Å². The maximum atomic E-state index is 13.3. The molecule has 1 aliphatic rings. The molecule has 1 amide bonds. The van der Waals surface area contributed by atoms with Crippen molar-refractivity contribution in [2.75, 3.05) is 19.7 Å². The number of aliphatic carboxylic acids is 1. The van der Waals surface area contributed by atoms with Gasteiger partial charge < -0.3 is 20.5 Å². The number of unbranched alkanes of at least 4 members (excludes halogenated alkanes) is 1. The number of benzene rings is 1. The fourth-order valence-corrected chi connectivity index (χ4v) is 3.97. The van der Waals surface area contributed by atoms with E-state index in [9.17, 15) is 19.5 Å². The molecule has 1 aliphatic heterocycles. The van der Waals surface area contributed by atoms with Crippen LogP contribution in [0.2, 0.25) is 0 Å². The third-order valence-electron chi connectivity index (χ3n) is 5.60. The number of amides is 1. The van der Waals surface area contributed by atoms with Crippen LogP contribution in [0.3, 0.4) is 0 Å². The number of esters is 1. The van der Waals surface area contributed by atoms with Crippen LogP contribution >= 0.6 is 0 Å². The minimum absolute atomic E-state index is 0.251. The maximum Gasteiger partial charge on any atom is 0.326 e. The largest absolute Gasteiger partial charge is 0.480 e. The van der Waals surface area contributed by atoms with E-state index in [0.29, 0.717) is 51.6 Å². The first-order valence-electron chi connectivity index (χ1n) is 11.2. The first kappa shape index (κ1) is 24.8. The summed E-state index contributed by atoms with van der Waals surface area (Å²) in [4.78, 5) is 38.9. The molecule has 0 aliphatic carbocycles. The van der Waals surface area contributed by atoms with E-state index in [1.165, 1.54) is 4.90 Å². The number of ether oxygens (including phenoxy) is 1. The Bertz CT molecular complexity index is 712. The molecule has 1 aromatic rings. The predicted molar refractivity (Wildman–Crippen MR) is 117 cm³/mol. The van der Waals surface area contributed by atoms with Crippen LogP contribution in [0.5, 0.6) is 0 Å². The number of nitrogens with two attached hydrogens (primary N) is 1. The Morgan fingerprint density at radius 2 is 1.94 bits per heavy atom. The van der Waals surface area contributed by atoms with E-state index in [-0.39, 0.29) is 12.5 Å². The molecule has 172 valence electrons. The number of hydrogen-bond donors (Lipinski definition) is 3. The molecule has 0 saturated carbocycles. The normalized spacial score (nSPS) is 17.9. The van der Waals surface area contributed by atoms with Gasteiger partial charge in [0.05, 0.1) is 12.6 Å². The highest BCUT2D eigenvalue weighted by Crippen LogP contribution is 2.20. The molecule has 4 N–H and O–H groups in total. The van der Waals surface area contributed by atoms with Crippen molar-refractivity contribution in [3.05, 3.63) is 35.9 Å². The molecule has 2 rings (SSSR count). The Morgan fingerprint density at radius 1 is 1.19 bits per heavy atom. The van der Waals surface area contributed by atoms with Crippen LogP contribution < -0.4 is 11.1 Å². The lowest BCUT2D eigenvalue weighted by Crippen LogP contribution is -2.54. The number of carboxylic acids is 1. The van der Waals surface area contributed by atoms with E-state index in [2.05, 4.69) is 5.32 Å². The Morgan fingerprint density at radius 3 is 2.58 bits per heavy atom. The molecule has 1 saturated heterocycles. The van der Waals surface area contributed by atoms with E-state index in [1.54, 1.807) is 6.92 Å². The number of nitrogens with one attached hydrogen (secondary N) is 1.